The fourth-order valence-electron chi connectivity index (χ4n) is 3.41. The highest BCUT2D eigenvalue weighted by Crippen LogP contribution is 2.33. The molecule has 2 aromatic carbocycles. The molecule has 3 nitrogen and oxygen atoms in total. The van der Waals surface area contributed by atoms with Crippen molar-refractivity contribution in [3.63, 3.8) is 0 Å². The van der Waals surface area contributed by atoms with Crippen LogP contribution in [0, 0.1) is 11.7 Å². The highest BCUT2D eigenvalue weighted by atomic mass is 19.1. The first-order valence-electron chi connectivity index (χ1n) is 8.36. The van der Waals surface area contributed by atoms with Crippen LogP contribution in [-0.4, -0.2) is 38.8 Å². The minimum absolute atomic E-state index is 0.183. The molecule has 0 radical (unpaired) electrons. The third kappa shape index (κ3) is 4.06. The van der Waals surface area contributed by atoms with E-state index in [0.717, 1.165) is 31.0 Å². The molecular formula is C20H24FNO2. The van der Waals surface area contributed by atoms with Gasteiger partial charge in [-0.1, -0.05) is 12.1 Å². The van der Waals surface area contributed by atoms with Crippen LogP contribution in [0.1, 0.15) is 17.9 Å². The van der Waals surface area contributed by atoms with E-state index in [1.807, 2.05) is 36.4 Å². The summed E-state index contributed by atoms with van der Waals surface area (Å²) in [6, 6.07) is 14.6. The predicted octanol–water partition coefficient (Wildman–Crippen LogP) is 3.95. The molecule has 24 heavy (non-hydrogen) atoms. The van der Waals surface area contributed by atoms with Gasteiger partial charge in [0.15, 0.2) is 0 Å². The van der Waals surface area contributed by atoms with E-state index >= 15 is 0 Å². The number of halogens is 1. The lowest BCUT2D eigenvalue weighted by Gasteiger charge is -2.37. The normalized spacial score (nSPS) is 21.5. The maximum absolute atomic E-state index is 13.2. The molecule has 0 N–H and O–H groups in total. The highest BCUT2D eigenvalue weighted by Gasteiger charge is 2.29. The molecule has 0 aromatic heterocycles. The molecule has 1 aliphatic rings. The van der Waals surface area contributed by atoms with Gasteiger partial charge < -0.3 is 14.4 Å². The van der Waals surface area contributed by atoms with Crippen molar-refractivity contribution < 1.29 is 13.9 Å². The van der Waals surface area contributed by atoms with E-state index in [4.69, 9.17) is 9.47 Å². The van der Waals surface area contributed by atoms with Crippen molar-refractivity contribution in [2.45, 2.75) is 12.3 Å². The zero-order chi connectivity index (χ0) is 16.9. The number of methoxy groups -OCH3 is 1. The lowest BCUT2D eigenvalue weighted by Crippen LogP contribution is -2.39. The van der Waals surface area contributed by atoms with Crippen LogP contribution in [0.2, 0.25) is 0 Å². The van der Waals surface area contributed by atoms with Crippen LogP contribution in [0.3, 0.4) is 0 Å². The van der Waals surface area contributed by atoms with Gasteiger partial charge in [0, 0.05) is 12.5 Å². The molecular weight excluding hydrogens is 305 g/mol. The Balaban J connectivity index is 1.68. The summed E-state index contributed by atoms with van der Waals surface area (Å²) in [7, 11) is 3.79. The molecule has 128 valence electrons. The minimum atomic E-state index is -0.183. The molecule has 1 fully saturated rings. The quantitative estimate of drug-likeness (QED) is 0.829. The lowest BCUT2D eigenvalue weighted by atomic mass is 9.81. The number of benzene rings is 2. The minimum Gasteiger partial charge on any atom is -0.497 e. The Hall–Kier alpha value is -2.07. The Labute approximate surface area is 143 Å². The fraction of sp³-hybridized carbons (Fsp3) is 0.400. The Morgan fingerprint density at radius 3 is 2.38 bits per heavy atom. The van der Waals surface area contributed by atoms with Gasteiger partial charge in [-0.3, -0.25) is 0 Å². The summed E-state index contributed by atoms with van der Waals surface area (Å²) in [5.74, 6) is 2.28. The van der Waals surface area contributed by atoms with Crippen LogP contribution in [0.4, 0.5) is 4.39 Å². The predicted molar refractivity (Wildman–Crippen MR) is 93.2 cm³/mol. The number of nitrogens with zero attached hydrogens (tertiary/aromatic N) is 1. The largest absolute Gasteiger partial charge is 0.497 e. The van der Waals surface area contributed by atoms with E-state index in [9.17, 15) is 4.39 Å². The van der Waals surface area contributed by atoms with Crippen LogP contribution in [-0.2, 0) is 0 Å². The van der Waals surface area contributed by atoms with Crippen molar-refractivity contribution in [3.05, 3.63) is 59.9 Å². The second kappa shape index (κ2) is 7.67. The van der Waals surface area contributed by atoms with Gasteiger partial charge in [-0.2, -0.15) is 0 Å². The van der Waals surface area contributed by atoms with Crippen molar-refractivity contribution in [1.29, 1.82) is 0 Å². The molecule has 4 heteroatoms. The Kier molecular flexibility index (Phi) is 5.36. The first-order chi connectivity index (χ1) is 11.7. The third-order valence-electron chi connectivity index (χ3n) is 4.76. The monoisotopic (exact) mass is 329 g/mol. The first kappa shape index (κ1) is 16.8. The Bertz CT molecular complexity index is 642. The van der Waals surface area contributed by atoms with Gasteiger partial charge in [0.05, 0.1) is 13.7 Å². The molecule has 1 saturated heterocycles. The van der Waals surface area contributed by atoms with E-state index < -0.39 is 0 Å². The van der Waals surface area contributed by atoms with E-state index in [-0.39, 0.29) is 5.82 Å². The molecule has 1 aliphatic heterocycles. The molecule has 1 unspecified atom stereocenters. The van der Waals surface area contributed by atoms with Gasteiger partial charge in [0.25, 0.3) is 0 Å². The molecule has 0 saturated carbocycles. The van der Waals surface area contributed by atoms with Gasteiger partial charge in [-0.15, -0.1) is 0 Å². The van der Waals surface area contributed by atoms with Crippen LogP contribution in [0.25, 0.3) is 0 Å². The summed E-state index contributed by atoms with van der Waals surface area (Å²) < 4.78 is 24.4. The number of piperidine rings is 1. The fourth-order valence-corrected chi connectivity index (χ4v) is 3.41. The van der Waals surface area contributed by atoms with E-state index in [0.29, 0.717) is 18.4 Å². The van der Waals surface area contributed by atoms with Gasteiger partial charge in [-0.05, 0) is 67.9 Å². The van der Waals surface area contributed by atoms with Gasteiger partial charge in [-0.25, -0.2) is 4.39 Å². The summed E-state index contributed by atoms with van der Waals surface area (Å²) in [6.45, 7) is 2.69. The standard InChI is InChI=1S/C20H24FNO2/c1-22-12-11-20(15-3-5-17(21)6-4-15)16(13-22)14-24-19-9-7-18(23-2)8-10-19/h3-10,16,20H,11-14H2,1-2H3/t16-,20?/m1/s1. The van der Waals surface area contributed by atoms with Crippen molar-refractivity contribution in [3.8, 4) is 11.5 Å². The number of rotatable bonds is 5. The maximum Gasteiger partial charge on any atom is 0.123 e. The summed E-state index contributed by atoms with van der Waals surface area (Å²) in [4.78, 5) is 2.34. The average molecular weight is 329 g/mol. The van der Waals surface area contributed by atoms with Crippen molar-refractivity contribution in [2.24, 2.45) is 5.92 Å². The van der Waals surface area contributed by atoms with Gasteiger partial charge in [0.1, 0.15) is 17.3 Å². The topological polar surface area (TPSA) is 21.7 Å². The van der Waals surface area contributed by atoms with E-state index in [1.54, 1.807) is 19.2 Å². The zero-order valence-corrected chi connectivity index (χ0v) is 14.2. The molecule has 0 amide bonds. The van der Waals surface area contributed by atoms with Crippen molar-refractivity contribution in [1.82, 2.24) is 4.90 Å². The van der Waals surface area contributed by atoms with Crippen molar-refractivity contribution >= 4 is 0 Å². The SMILES string of the molecule is COc1ccc(OC[C@H]2CN(C)CCC2c2ccc(F)cc2)cc1. The van der Waals surface area contributed by atoms with Gasteiger partial charge >= 0.3 is 0 Å². The van der Waals surface area contributed by atoms with Crippen LogP contribution < -0.4 is 9.47 Å². The molecule has 2 atom stereocenters. The maximum atomic E-state index is 13.2. The van der Waals surface area contributed by atoms with E-state index in [2.05, 4.69) is 11.9 Å². The average Bonchev–Trinajstić information content (AvgIpc) is 2.61. The van der Waals surface area contributed by atoms with Gasteiger partial charge in [0.2, 0.25) is 0 Å². The summed E-state index contributed by atoms with van der Waals surface area (Å²) in [5, 5.41) is 0. The number of likely N-dealkylation sites (tertiary alicyclic amines) is 1. The van der Waals surface area contributed by atoms with Crippen LogP contribution in [0.5, 0.6) is 11.5 Å². The molecule has 2 aromatic rings. The Morgan fingerprint density at radius 1 is 1.04 bits per heavy atom. The summed E-state index contributed by atoms with van der Waals surface area (Å²) in [5.41, 5.74) is 1.20. The van der Waals surface area contributed by atoms with Crippen LogP contribution >= 0.6 is 0 Å². The van der Waals surface area contributed by atoms with E-state index in [1.165, 1.54) is 5.56 Å². The molecule has 0 bridgehead atoms. The highest BCUT2D eigenvalue weighted by molar-refractivity contribution is 5.31. The summed E-state index contributed by atoms with van der Waals surface area (Å²) >= 11 is 0. The first-order valence-corrected chi connectivity index (χ1v) is 8.36. The van der Waals surface area contributed by atoms with Crippen molar-refractivity contribution in [2.75, 3.05) is 33.9 Å². The lowest BCUT2D eigenvalue weighted by molar-refractivity contribution is 0.129. The van der Waals surface area contributed by atoms with Crippen LogP contribution in [0.15, 0.2) is 48.5 Å². The number of ether oxygens (including phenoxy) is 2. The Morgan fingerprint density at radius 2 is 1.71 bits per heavy atom. The second-order valence-electron chi connectivity index (χ2n) is 6.46. The molecule has 3 rings (SSSR count). The number of hydrogen-bond donors (Lipinski definition) is 0. The molecule has 1 heterocycles. The molecule has 0 spiro atoms. The number of hydrogen-bond acceptors (Lipinski definition) is 3. The zero-order valence-electron chi connectivity index (χ0n) is 14.2. The smallest absolute Gasteiger partial charge is 0.123 e. The third-order valence-corrected chi connectivity index (χ3v) is 4.76. The second-order valence-corrected chi connectivity index (χ2v) is 6.46. The molecule has 0 aliphatic carbocycles. The summed E-state index contributed by atoms with van der Waals surface area (Å²) in [6.07, 6.45) is 1.07.